The van der Waals surface area contributed by atoms with Gasteiger partial charge < -0.3 is 10.2 Å². The molecule has 1 aliphatic rings. The lowest BCUT2D eigenvalue weighted by Gasteiger charge is -2.36. The molecule has 1 aromatic heterocycles. The van der Waals surface area contributed by atoms with Crippen LogP contribution in [-0.4, -0.2) is 65.5 Å². The third-order valence-electron chi connectivity index (χ3n) is 4.88. The highest BCUT2D eigenvalue weighted by Gasteiger charge is 2.19. The predicted molar refractivity (Wildman–Crippen MR) is 100 cm³/mol. The smallest absolute Gasteiger partial charge is 0.270 e. The fraction of sp³-hybridized carbons (Fsp3) is 0.500. The molecule has 1 atom stereocenters. The number of rotatable bonds is 5. The van der Waals surface area contributed by atoms with Crippen LogP contribution in [0.25, 0.3) is 10.9 Å². The Hall–Kier alpha value is -2.25. The number of hydrogen-bond donors (Lipinski definition) is 1. The maximum Gasteiger partial charge on any atom is 0.270 e. The second kappa shape index (κ2) is 7.33. The van der Waals surface area contributed by atoms with Gasteiger partial charge in [0.05, 0.1) is 10.4 Å². The van der Waals surface area contributed by atoms with E-state index in [1.54, 1.807) is 12.1 Å². The first-order valence-corrected chi connectivity index (χ1v) is 8.66. The van der Waals surface area contributed by atoms with Crippen molar-refractivity contribution in [1.29, 1.82) is 0 Å². The number of pyridine rings is 1. The van der Waals surface area contributed by atoms with Crippen LogP contribution in [0.2, 0.25) is 0 Å². The van der Waals surface area contributed by atoms with Crippen molar-refractivity contribution in [3.63, 3.8) is 0 Å². The molecule has 1 aliphatic heterocycles. The molecule has 7 heteroatoms. The Morgan fingerprint density at radius 1 is 1.28 bits per heavy atom. The number of anilines is 1. The highest BCUT2D eigenvalue weighted by atomic mass is 16.6. The number of nitro groups is 1. The molecule has 0 radical (unpaired) electrons. The standard InChI is InChI=1S/C18H25N5O2/c1-13-10-18(16-11-15(23(24)25)4-5-17(16)20-13)19-12-14(2)22-8-6-21(3)7-9-22/h4-5,10-11,14H,6-9,12H2,1-3H3,(H,19,20). The molecule has 2 aromatic rings. The number of aryl methyl sites for hydroxylation is 1. The van der Waals surface area contributed by atoms with Gasteiger partial charge in [0.25, 0.3) is 5.69 Å². The Bertz CT molecular complexity index is 771. The lowest BCUT2D eigenvalue weighted by atomic mass is 10.1. The molecule has 0 amide bonds. The van der Waals surface area contributed by atoms with Crippen LogP contribution >= 0.6 is 0 Å². The minimum Gasteiger partial charge on any atom is -0.383 e. The van der Waals surface area contributed by atoms with E-state index < -0.39 is 0 Å². The van der Waals surface area contributed by atoms with Crippen molar-refractivity contribution in [2.24, 2.45) is 0 Å². The summed E-state index contributed by atoms with van der Waals surface area (Å²) in [5, 5.41) is 15.4. The minimum atomic E-state index is -0.365. The van der Waals surface area contributed by atoms with Crippen LogP contribution < -0.4 is 5.32 Å². The van der Waals surface area contributed by atoms with E-state index in [2.05, 4.69) is 34.1 Å². The van der Waals surface area contributed by atoms with Crippen LogP contribution in [-0.2, 0) is 0 Å². The third-order valence-corrected chi connectivity index (χ3v) is 4.88. The van der Waals surface area contributed by atoms with Gasteiger partial charge in [0.15, 0.2) is 0 Å². The number of fused-ring (bicyclic) bond motifs is 1. The van der Waals surface area contributed by atoms with Gasteiger partial charge in [0, 0.05) is 67.7 Å². The summed E-state index contributed by atoms with van der Waals surface area (Å²) in [5.74, 6) is 0. The summed E-state index contributed by atoms with van der Waals surface area (Å²) >= 11 is 0. The molecule has 1 saturated heterocycles. The van der Waals surface area contributed by atoms with Crippen LogP contribution in [0.3, 0.4) is 0 Å². The molecule has 1 fully saturated rings. The number of benzene rings is 1. The van der Waals surface area contributed by atoms with Crippen molar-refractivity contribution >= 4 is 22.3 Å². The normalized spacial score (nSPS) is 17.6. The molecule has 0 aliphatic carbocycles. The molecule has 7 nitrogen and oxygen atoms in total. The van der Waals surface area contributed by atoms with Crippen LogP contribution in [0.1, 0.15) is 12.6 Å². The van der Waals surface area contributed by atoms with E-state index in [-0.39, 0.29) is 10.6 Å². The molecule has 0 saturated carbocycles. The van der Waals surface area contributed by atoms with Gasteiger partial charge in [-0.25, -0.2) is 0 Å². The molecule has 2 heterocycles. The monoisotopic (exact) mass is 343 g/mol. The number of hydrogen-bond acceptors (Lipinski definition) is 6. The Balaban J connectivity index is 1.78. The summed E-state index contributed by atoms with van der Waals surface area (Å²) < 4.78 is 0. The van der Waals surface area contributed by atoms with E-state index >= 15 is 0 Å². The topological polar surface area (TPSA) is 74.5 Å². The van der Waals surface area contributed by atoms with Crippen LogP contribution in [0.4, 0.5) is 11.4 Å². The second-order valence-electron chi connectivity index (χ2n) is 6.84. The van der Waals surface area contributed by atoms with Crippen molar-refractivity contribution in [1.82, 2.24) is 14.8 Å². The number of aromatic nitrogens is 1. The average Bonchev–Trinajstić information content (AvgIpc) is 2.59. The summed E-state index contributed by atoms with van der Waals surface area (Å²) in [5.41, 5.74) is 2.68. The number of nitrogens with one attached hydrogen (secondary N) is 1. The third kappa shape index (κ3) is 4.05. The minimum absolute atomic E-state index is 0.0910. The lowest BCUT2D eigenvalue weighted by molar-refractivity contribution is -0.384. The zero-order valence-corrected chi connectivity index (χ0v) is 15.0. The zero-order valence-electron chi connectivity index (χ0n) is 15.0. The van der Waals surface area contributed by atoms with E-state index in [1.165, 1.54) is 6.07 Å². The Labute approximate surface area is 147 Å². The quantitative estimate of drug-likeness (QED) is 0.664. The maximum atomic E-state index is 11.1. The molecular formula is C18H25N5O2. The van der Waals surface area contributed by atoms with E-state index in [4.69, 9.17) is 0 Å². The fourth-order valence-corrected chi connectivity index (χ4v) is 3.26. The second-order valence-corrected chi connectivity index (χ2v) is 6.84. The fourth-order valence-electron chi connectivity index (χ4n) is 3.26. The number of nitrogens with zero attached hydrogens (tertiary/aromatic N) is 4. The number of piperazine rings is 1. The molecular weight excluding hydrogens is 318 g/mol. The largest absolute Gasteiger partial charge is 0.383 e. The van der Waals surface area contributed by atoms with E-state index in [9.17, 15) is 10.1 Å². The van der Waals surface area contributed by atoms with Gasteiger partial charge in [-0.2, -0.15) is 0 Å². The number of nitro benzene ring substituents is 1. The highest BCUT2D eigenvalue weighted by Crippen LogP contribution is 2.27. The summed E-state index contributed by atoms with van der Waals surface area (Å²) in [4.78, 5) is 20.0. The summed E-state index contributed by atoms with van der Waals surface area (Å²) in [6.07, 6.45) is 0. The number of non-ortho nitro benzene ring substituents is 1. The van der Waals surface area contributed by atoms with E-state index in [1.807, 2.05) is 13.0 Å². The first-order valence-electron chi connectivity index (χ1n) is 8.66. The molecule has 0 bridgehead atoms. The van der Waals surface area contributed by atoms with Gasteiger partial charge >= 0.3 is 0 Å². The Morgan fingerprint density at radius 2 is 2.00 bits per heavy atom. The average molecular weight is 343 g/mol. The van der Waals surface area contributed by atoms with Crippen molar-refractivity contribution in [3.05, 3.63) is 40.1 Å². The summed E-state index contributed by atoms with van der Waals surface area (Å²) in [7, 11) is 2.15. The van der Waals surface area contributed by atoms with Crippen LogP contribution in [0, 0.1) is 17.0 Å². The van der Waals surface area contributed by atoms with Crippen molar-refractivity contribution in [3.8, 4) is 0 Å². The summed E-state index contributed by atoms with van der Waals surface area (Å²) in [6, 6.07) is 7.19. The van der Waals surface area contributed by atoms with Gasteiger partial charge in [-0.1, -0.05) is 0 Å². The van der Waals surface area contributed by atoms with Gasteiger partial charge in [0.1, 0.15) is 0 Å². The van der Waals surface area contributed by atoms with Gasteiger partial charge in [-0.15, -0.1) is 0 Å². The molecule has 1 unspecified atom stereocenters. The first-order chi connectivity index (χ1) is 11.9. The SMILES string of the molecule is Cc1cc(NCC(C)N2CCN(C)CC2)c2cc([N+](=O)[O-])ccc2n1. The zero-order chi connectivity index (χ0) is 18.0. The highest BCUT2D eigenvalue weighted by molar-refractivity contribution is 5.93. The summed E-state index contributed by atoms with van der Waals surface area (Å²) in [6.45, 7) is 9.28. The van der Waals surface area contributed by atoms with E-state index in [0.29, 0.717) is 6.04 Å². The van der Waals surface area contributed by atoms with Crippen molar-refractivity contribution < 1.29 is 4.92 Å². The molecule has 1 aromatic carbocycles. The van der Waals surface area contributed by atoms with Crippen LogP contribution in [0.15, 0.2) is 24.3 Å². The van der Waals surface area contributed by atoms with Gasteiger partial charge in [-0.3, -0.25) is 20.0 Å². The molecule has 25 heavy (non-hydrogen) atoms. The molecule has 1 N–H and O–H groups in total. The van der Waals surface area contributed by atoms with E-state index in [0.717, 1.165) is 55.0 Å². The van der Waals surface area contributed by atoms with Crippen molar-refractivity contribution in [2.45, 2.75) is 19.9 Å². The van der Waals surface area contributed by atoms with Crippen LogP contribution in [0.5, 0.6) is 0 Å². The first kappa shape index (κ1) is 17.6. The molecule has 3 rings (SSSR count). The molecule has 0 spiro atoms. The van der Waals surface area contributed by atoms with Gasteiger partial charge in [-0.05, 0) is 33.0 Å². The predicted octanol–water partition coefficient (Wildman–Crippen LogP) is 2.50. The van der Waals surface area contributed by atoms with Gasteiger partial charge in [0.2, 0.25) is 0 Å². The van der Waals surface area contributed by atoms with Crippen molar-refractivity contribution in [2.75, 3.05) is 45.1 Å². The number of likely N-dealkylation sites (N-methyl/N-ethyl adjacent to an activating group) is 1. The Morgan fingerprint density at radius 3 is 2.68 bits per heavy atom. The lowest BCUT2D eigenvalue weighted by Crippen LogP contribution is -2.49. The molecule has 134 valence electrons. The Kier molecular flexibility index (Phi) is 5.15. The maximum absolute atomic E-state index is 11.1.